The predicted molar refractivity (Wildman–Crippen MR) is 88.1 cm³/mol. The van der Waals surface area contributed by atoms with Crippen molar-refractivity contribution < 1.29 is 14.4 Å². The average Bonchev–Trinajstić information content (AvgIpc) is 2.51. The molecule has 7 nitrogen and oxygen atoms in total. The van der Waals surface area contributed by atoms with Gasteiger partial charge in [0.15, 0.2) is 5.11 Å². The molecule has 0 radical (unpaired) electrons. The van der Waals surface area contributed by atoms with Crippen molar-refractivity contribution in [2.24, 2.45) is 5.10 Å². The molecule has 0 aromatic heterocycles. The van der Waals surface area contributed by atoms with E-state index in [1.807, 2.05) is 0 Å². The Labute approximate surface area is 135 Å². The number of halogens is 1. The lowest BCUT2D eigenvalue weighted by atomic mass is 10.2. The van der Waals surface area contributed by atoms with Gasteiger partial charge in [0.25, 0.3) is 5.69 Å². The first-order valence-corrected chi connectivity index (χ1v) is 6.69. The number of rotatable bonds is 4. The summed E-state index contributed by atoms with van der Waals surface area (Å²) in [5, 5.41) is 27.0. The number of hydrogen-bond donors (Lipinski definition) is 3. The monoisotopic (exact) mass is 334 g/mol. The van der Waals surface area contributed by atoms with Crippen LogP contribution >= 0.6 is 12.2 Å². The molecule has 0 heterocycles. The lowest BCUT2D eigenvalue weighted by molar-refractivity contribution is -0.384. The highest BCUT2D eigenvalue weighted by Gasteiger charge is 2.08. The number of benzene rings is 2. The molecular formula is C14H11FN4O3S. The van der Waals surface area contributed by atoms with Crippen molar-refractivity contribution in [1.82, 2.24) is 5.43 Å². The summed E-state index contributed by atoms with van der Waals surface area (Å²) < 4.78 is 12.8. The molecule has 0 atom stereocenters. The van der Waals surface area contributed by atoms with E-state index in [0.29, 0.717) is 5.69 Å². The number of hydrazone groups is 1. The quantitative estimate of drug-likeness (QED) is 0.344. The first kappa shape index (κ1) is 16.3. The van der Waals surface area contributed by atoms with Crippen LogP contribution in [0.3, 0.4) is 0 Å². The molecule has 0 aliphatic heterocycles. The number of nitrogens with zero attached hydrogens (tertiary/aromatic N) is 2. The third-order valence-electron chi connectivity index (χ3n) is 2.69. The van der Waals surface area contributed by atoms with E-state index in [-0.39, 0.29) is 27.9 Å². The minimum Gasteiger partial charge on any atom is -0.507 e. The Kier molecular flexibility index (Phi) is 5.15. The molecule has 0 aliphatic rings. The van der Waals surface area contributed by atoms with Gasteiger partial charge in [-0.05, 0) is 42.5 Å². The van der Waals surface area contributed by atoms with Gasteiger partial charge >= 0.3 is 0 Å². The van der Waals surface area contributed by atoms with Crippen molar-refractivity contribution in [3.05, 3.63) is 64.0 Å². The molecule has 2 rings (SSSR count). The van der Waals surface area contributed by atoms with Crippen LogP contribution in [0.25, 0.3) is 0 Å². The fraction of sp³-hybridized carbons (Fsp3) is 0. The Morgan fingerprint density at radius 1 is 1.30 bits per heavy atom. The molecule has 2 aromatic rings. The van der Waals surface area contributed by atoms with Crippen LogP contribution in [0.1, 0.15) is 5.56 Å². The second-order valence-corrected chi connectivity index (χ2v) is 4.74. The first-order chi connectivity index (χ1) is 11.0. The largest absolute Gasteiger partial charge is 0.507 e. The summed E-state index contributed by atoms with van der Waals surface area (Å²) in [6, 6.07) is 9.11. The van der Waals surface area contributed by atoms with Gasteiger partial charge in [-0.1, -0.05) is 0 Å². The topological polar surface area (TPSA) is 99.8 Å². The zero-order chi connectivity index (χ0) is 16.8. The molecule has 0 amide bonds. The smallest absolute Gasteiger partial charge is 0.270 e. The van der Waals surface area contributed by atoms with Gasteiger partial charge in [-0.15, -0.1) is 0 Å². The number of phenolic OH excluding ortho intramolecular Hbond substituents is 1. The highest BCUT2D eigenvalue weighted by Crippen LogP contribution is 2.21. The minimum atomic E-state index is -0.578. The Hall–Kier alpha value is -3.07. The Balaban J connectivity index is 1.98. The van der Waals surface area contributed by atoms with Crippen LogP contribution < -0.4 is 10.7 Å². The molecule has 118 valence electrons. The van der Waals surface area contributed by atoms with E-state index in [4.69, 9.17) is 12.2 Å². The van der Waals surface area contributed by atoms with Crippen molar-refractivity contribution in [2.75, 3.05) is 5.32 Å². The maximum absolute atomic E-state index is 12.8. The van der Waals surface area contributed by atoms with Crippen LogP contribution in [0.5, 0.6) is 5.75 Å². The molecule has 9 heteroatoms. The SMILES string of the molecule is O=[N+]([O-])c1ccc(O)c(/C=N\NC(=S)Nc2ccc(F)cc2)c1. The van der Waals surface area contributed by atoms with Crippen molar-refractivity contribution in [3.8, 4) is 5.75 Å². The molecule has 0 saturated heterocycles. The normalized spacial score (nSPS) is 10.5. The van der Waals surface area contributed by atoms with Crippen molar-refractivity contribution in [2.45, 2.75) is 0 Å². The molecule has 0 fully saturated rings. The predicted octanol–water partition coefficient (Wildman–Crippen LogP) is 2.76. The first-order valence-electron chi connectivity index (χ1n) is 6.29. The Bertz CT molecular complexity index is 765. The van der Waals surface area contributed by atoms with E-state index < -0.39 is 4.92 Å². The van der Waals surface area contributed by atoms with Crippen molar-refractivity contribution >= 4 is 34.9 Å². The lowest BCUT2D eigenvalue weighted by Crippen LogP contribution is -2.23. The summed E-state index contributed by atoms with van der Waals surface area (Å²) in [7, 11) is 0. The number of anilines is 1. The Morgan fingerprint density at radius 3 is 2.65 bits per heavy atom. The summed E-state index contributed by atoms with van der Waals surface area (Å²) in [4.78, 5) is 10.1. The molecular weight excluding hydrogens is 323 g/mol. The molecule has 0 spiro atoms. The zero-order valence-electron chi connectivity index (χ0n) is 11.6. The van der Waals surface area contributed by atoms with Gasteiger partial charge in [0.2, 0.25) is 0 Å². The van der Waals surface area contributed by atoms with Gasteiger partial charge in [-0.3, -0.25) is 15.5 Å². The summed E-state index contributed by atoms with van der Waals surface area (Å²) in [6.45, 7) is 0. The molecule has 3 N–H and O–H groups in total. The number of phenols is 1. The average molecular weight is 334 g/mol. The minimum absolute atomic E-state index is 0.137. The summed E-state index contributed by atoms with van der Waals surface area (Å²) in [5.41, 5.74) is 3.05. The third-order valence-corrected chi connectivity index (χ3v) is 2.89. The molecule has 0 unspecified atom stereocenters. The number of hydrogen-bond acceptors (Lipinski definition) is 5. The highest BCUT2D eigenvalue weighted by atomic mass is 32.1. The number of nitro benzene ring substituents is 1. The van der Waals surface area contributed by atoms with Gasteiger partial charge in [-0.25, -0.2) is 4.39 Å². The molecule has 0 saturated carbocycles. The number of thiocarbonyl (C=S) groups is 1. The van der Waals surface area contributed by atoms with Crippen LogP contribution in [0, 0.1) is 15.9 Å². The van der Waals surface area contributed by atoms with E-state index in [2.05, 4.69) is 15.8 Å². The van der Waals surface area contributed by atoms with Gasteiger partial charge in [0, 0.05) is 23.4 Å². The lowest BCUT2D eigenvalue weighted by Gasteiger charge is -2.06. The second kappa shape index (κ2) is 7.27. The fourth-order valence-electron chi connectivity index (χ4n) is 1.61. The van der Waals surface area contributed by atoms with Crippen LogP contribution in [0.2, 0.25) is 0 Å². The van der Waals surface area contributed by atoms with Crippen LogP contribution in [0.4, 0.5) is 15.8 Å². The van der Waals surface area contributed by atoms with E-state index in [0.717, 1.165) is 0 Å². The zero-order valence-corrected chi connectivity index (χ0v) is 12.4. The van der Waals surface area contributed by atoms with E-state index >= 15 is 0 Å². The van der Waals surface area contributed by atoms with Crippen molar-refractivity contribution in [3.63, 3.8) is 0 Å². The number of nitro groups is 1. The number of non-ortho nitro benzene ring substituents is 1. The van der Waals surface area contributed by atoms with Gasteiger partial charge < -0.3 is 10.4 Å². The third kappa shape index (κ3) is 4.71. The summed E-state index contributed by atoms with van der Waals surface area (Å²) >= 11 is 4.98. The van der Waals surface area contributed by atoms with Gasteiger partial charge in [0.05, 0.1) is 11.1 Å². The maximum Gasteiger partial charge on any atom is 0.270 e. The van der Waals surface area contributed by atoms with E-state index in [1.54, 1.807) is 0 Å². The van der Waals surface area contributed by atoms with Gasteiger partial charge in [0.1, 0.15) is 11.6 Å². The molecule has 0 bridgehead atoms. The van der Waals surface area contributed by atoms with E-state index in [9.17, 15) is 19.6 Å². The summed E-state index contributed by atoms with van der Waals surface area (Å²) in [5.74, 6) is -0.521. The second-order valence-electron chi connectivity index (χ2n) is 4.33. The van der Waals surface area contributed by atoms with Gasteiger partial charge in [-0.2, -0.15) is 5.10 Å². The van der Waals surface area contributed by atoms with Crippen LogP contribution in [0.15, 0.2) is 47.6 Å². The molecule has 2 aromatic carbocycles. The molecule has 23 heavy (non-hydrogen) atoms. The number of nitrogens with one attached hydrogen (secondary N) is 2. The van der Waals surface area contributed by atoms with Crippen LogP contribution in [-0.2, 0) is 0 Å². The van der Waals surface area contributed by atoms with Crippen LogP contribution in [-0.4, -0.2) is 21.4 Å². The Morgan fingerprint density at radius 2 is 2.00 bits per heavy atom. The maximum atomic E-state index is 12.8. The van der Waals surface area contributed by atoms with E-state index in [1.165, 1.54) is 48.7 Å². The fourth-order valence-corrected chi connectivity index (χ4v) is 1.78. The molecule has 0 aliphatic carbocycles. The standard InChI is InChI=1S/C14H11FN4O3S/c15-10-1-3-11(4-2-10)17-14(23)18-16-8-9-7-12(19(21)22)5-6-13(9)20/h1-8,20H,(H2,17,18,23)/b16-8-. The number of aromatic hydroxyl groups is 1. The highest BCUT2D eigenvalue weighted by molar-refractivity contribution is 7.80. The summed E-state index contributed by atoms with van der Waals surface area (Å²) in [6.07, 6.45) is 1.20. The van der Waals surface area contributed by atoms with Crippen molar-refractivity contribution in [1.29, 1.82) is 0 Å².